The highest BCUT2D eigenvalue weighted by Crippen LogP contribution is 2.22. The number of benzene rings is 1. The first-order valence-electron chi connectivity index (χ1n) is 5.12. The first kappa shape index (κ1) is 14.2. The van der Waals surface area contributed by atoms with Crippen LogP contribution in [0.2, 0.25) is 5.02 Å². The Morgan fingerprint density at radius 3 is 2.71 bits per heavy atom. The molecule has 0 N–H and O–H groups in total. The second-order valence-corrected chi connectivity index (χ2v) is 4.30. The highest BCUT2D eigenvalue weighted by atomic mass is 79.9. The maximum absolute atomic E-state index is 11.7. The molecule has 0 aromatic heterocycles. The molecule has 0 unspecified atom stereocenters. The summed E-state index contributed by atoms with van der Waals surface area (Å²) in [5.74, 6) is -0.490. The number of hydrogen-bond donors (Lipinski definition) is 0. The van der Waals surface area contributed by atoms with Gasteiger partial charge in [0.15, 0.2) is 0 Å². The summed E-state index contributed by atoms with van der Waals surface area (Å²) < 4.78 is 4.92. The van der Waals surface area contributed by atoms with E-state index in [1.54, 1.807) is 25.1 Å². The van der Waals surface area contributed by atoms with Crippen molar-refractivity contribution >= 4 is 39.3 Å². The summed E-state index contributed by atoms with van der Waals surface area (Å²) in [5, 5.41) is 0.644. The molecule has 0 fully saturated rings. The highest BCUT2D eigenvalue weighted by Gasteiger charge is 2.17. The van der Waals surface area contributed by atoms with Crippen molar-refractivity contribution in [2.75, 3.05) is 11.9 Å². The van der Waals surface area contributed by atoms with Crippen molar-refractivity contribution in [3.63, 3.8) is 0 Å². The molecule has 0 aliphatic heterocycles. The van der Waals surface area contributed by atoms with Crippen molar-refractivity contribution < 1.29 is 14.3 Å². The van der Waals surface area contributed by atoms with Gasteiger partial charge in [0.2, 0.25) is 0 Å². The number of ketones is 1. The third kappa shape index (κ3) is 3.82. The van der Waals surface area contributed by atoms with Crippen molar-refractivity contribution in [2.24, 2.45) is 0 Å². The number of Topliss-reactive ketones (excluding diaryl/α,β-unsaturated/α-hetero) is 1. The van der Waals surface area contributed by atoms with E-state index in [1.807, 2.05) is 0 Å². The van der Waals surface area contributed by atoms with Gasteiger partial charge in [0.05, 0.1) is 17.5 Å². The van der Waals surface area contributed by atoms with E-state index in [-0.39, 0.29) is 24.1 Å². The summed E-state index contributed by atoms with van der Waals surface area (Å²) in [6.07, 6.45) is 0.124. The molecule has 0 atom stereocenters. The van der Waals surface area contributed by atoms with Crippen LogP contribution in [0.4, 0.5) is 0 Å². The van der Waals surface area contributed by atoms with Gasteiger partial charge in [0.1, 0.15) is 5.78 Å². The van der Waals surface area contributed by atoms with E-state index in [0.717, 1.165) is 0 Å². The number of alkyl halides is 1. The van der Waals surface area contributed by atoms with E-state index in [1.165, 1.54) is 0 Å². The average molecular weight is 320 g/mol. The lowest BCUT2D eigenvalue weighted by atomic mass is 10.0. The van der Waals surface area contributed by atoms with Crippen LogP contribution in [0.3, 0.4) is 0 Å². The molecule has 92 valence electrons. The molecule has 1 aromatic carbocycles. The van der Waals surface area contributed by atoms with E-state index in [9.17, 15) is 9.59 Å². The molecular formula is C12H12BrClO3. The predicted octanol–water partition coefficient (Wildman–Crippen LogP) is 3.02. The number of hydrogen-bond acceptors (Lipinski definition) is 3. The van der Waals surface area contributed by atoms with Crippen LogP contribution in [-0.2, 0) is 16.0 Å². The monoisotopic (exact) mass is 318 g/mol. The SMILES string of the molecule is CCOC(=O)c1cccc(Cl)c1CC(=O)CBr. The van der Waals surface area contributed by atoms with Crippen LogP contribution in [-0.4, -0.2) is 23.7 Å². The van der Waals surface area contributed by atoms with E-state index in [0.29, 0.717) is 16.1 Å². The van der Waals surface area contributed by atoms with Crippen molar-refractivity contribution in [3.8, 4) is 0 Å². The summed E-state index contributed by atoms with van der Waals surface area (Å²) in [7, 11) is 0. The molecule has 0 aliphatic rings. The Hall–Kier alpha value is -0.870. The molecule has 0 saturated heterocycles. The average Bonchev–Trinajstić information content (AvgIpc) is 2.31. The molecule has 0 bridgehead atoms. The largest absolute Gasteiger partial charge is 0.462 e. The fourth-order valence-electron chi connectivity index (χ4n) is 1.38. The van der Waals surface area contributed by atoms with E-state index in [2.05, 4.69) is 15.9 Å². The molecule has 0 saturated carbocycles. The lowest BCUT2D eigenvalue weighted by Gasteiger charge is -2.09. The quantitative estimate of drug-likeness (QED) is 0.619. The van der Waals surface area contributed by atoms with Gasteiger partial charge in [0.25, 0.3) is 0 Å². The predicted molar refractivity (Wildman–Crippen MR) is 69.9 cm³/mol. The molecule has 1 aromatic rings. The van der Waals surface area contributed by atoms with Gasteiger partial charge in [-0.25, -0.2) is 4.79 Å². The van der Waals surface area contributed by atoms with Gasteiger partial charge >= 0.3 is 5.97 Å². The van der Waals surface area contributed by atoms with Gasteiger partial charge in [-0.15, -0.1) is 0 Å². The second kappa shape index (κ2) is 6.77. The van der Waals surface area contributed by atoms with Crippen LogP contribution in [0.1, 0.15) is 22.8 Å². The number of rotatable bonds is 5. The Labute approximate surface area is 113 Å². The zero-order valence-electron chi connectivity index (χ0n) is 9.33. The van der Waals surface area contributed by atoms with Gasteiger partial charge in [-0.2, -0.15) is 0 Å². The Morgan fingerprint density at radius 1 is 1.41 bits per heavy atom. The van der Waals surface area contributed by atoms with Gasteiger partial charge in [0, 0.05) is 11.4 Å². The number of carbonyl (C=O) groups excluding carboxylic acids is 2. The molecule has 0 spiro atoms. The lowest BCUT2D eigenvalue weighted by molar-refractivity contribution is -0.115. The first-order valence-corrected chi connectivity index (χ1v) is 6.62. The lowest BCUT2D eigenvalue weighted by Crippen LogP contribution is -2.12. The van der Waals surface area contributed by atoms with Gasteiger partial charge in [-0.05, 0) is 24.6 Å². The van der Waals surface area contributed by atoms with Crippen molar-refractivity contribution in [1.82, 2.24) is 0 Å². The fourth-order valence-corrected chi connectivity index (χ4v) is 1.82. The van der Waals surface area contributed by atoms with E-state index in [4.69, 9.17) is 16.3 Å². The minimum Gasteiger partial charge on any atom is -0.462 e. The first-order chi connectivity index (χ1) is 8.10. The van der Waals surface area contributed by atoms with Crippen LogP contribution in [0.15, 0.2) is 18.2 Å². The third-order valence-corrected chi connectivity index (χ3v) is 3.12. The summed E-state index contributed by atoms with van der Waals surface area (Å²) >= 11 is 9.08. The standard InChI is InChI=1S/C12H12BrClO3/c1-2-17-12(16)9-4-3-5-11(14)10(9)6-8(15)7-13/h3-5H,2,6-7H2,1H3. The molecule has 3 nitrogen and oxygen atoms in total. The smallest absolute Gasteiger partial charge is 0.338 e. The van der Waals surface area contributed by atoms with Crippen molar-refractivity contribution in [2.45, 2.75) is 13.3 Å². The fraction of sp³-hybridized carbons (Fsp3) is 0.333. The molecule has 1 rings (SSSR count). The summed E-state index contributed by atoms with van der Waals surface area (Å²) in [6, 6.07) is 4.93. The third-order valence-electron chi connectivity index (χ3n) is 2.14. The van der Waals surface area contributed by atoms with Gasteiger partial charge < -0.3 is 4.74 Å². The Morgan fingerprint density at radius 2 is 2.12 bits per heavy atom. The normalized spacial score (nSPS) is 10.1. The summed E-state index contributed by atoms with van der Waals surface area (Å²) in [5.41, 5.74) is 0.880. The molecule has 0 amide bonds. The molecule has 17 heavy (non-hydrogen) atoms. The number of carbonyl (C=O) groups is 2. The van der Waals surface area contributed by atoms with E-state index >= 15 is 0 Å². The Bertz CT molecular complexity index is 432. The molecule has 5 heteroatoms. The van der Waals surface area contributed by atoms with Crippen molar-refractivity contribution in [1.29, 1.82) is 0 Å². The minimum absolute atomic E-state index is 0.0383. The van der Waals surface area contributed by atoms with Crippen LogP contribution in [0.25, 0.3) is 0 Å². The van der Waals surface area contributed by atoms with Crippen LogP contribution in [0.5, 0.6) is 0 Å². The number of halogens is 2. The highest BCUT2D eigenvalue weighted by molar-refractivity contribution is 9.09. The molecular weight excluding hydrogens is 307 g/mol. The van der Waals surface area contributed by atoms with Crippen LogP contribution in [0, 0.1) is 0 Å². The Kier molecular flexibility index (Phi) is 5.65. The topological polar surface area (TPSA) is 43.4 Å². The Balaban J connectivity index is 3.08. The van der Waals surface area contributed by atoms with Gasteiger partial charge in [-0.3, -0.25) is 4.79 Å². The number of ether oxygens (including phenoxy) is 1. The zero-order valence-corrected chi connectivity index (χ0v) is 11.7. The molecule has 0 radical (unpaired) electrons. The maximum atomic E-state index is 11.7. The number of esters is 1. The van der Waals surface area contributed by atoms with Crippen LogP contribution >= 0.6 is 27.5 Å². The van der Waals surface area contributed by atoms with Crippen LogP contribution < -0.4 is 0 Å². The molecule has 0 heterocycles. The van der Waals surface area contributed by atoms with E-state index < -0.39 is 5.97 Å². The van der Waals surface area contributed by atoms with Gasteiger partial charge in [-0.1, -0.05) is 33.6 Å². The van der Waals surface area contributed by atoms with Crippen molar-refractivity contribution in [3.05, 3.63) is 34.3 Å². The summed E-state index contributed by atoms with van der Waals surface area (Å²) in [6.45, 7) is 2.02. The molecule has 0 aliphatic carbocycles. The zero-order chi connectivity index (χ0) is 12.8. The minimum atomic E-state index is -0.452. The maximum Gasteiger partial charge on any atom is 0.338 e. The second-order valence-electron chi connectivity index (χ2n) is 3.34. The summed E-state index contributed by atoms with van der Waals surface area (Å²) in [4.78, 5) is 23.1.